The summed E-state index contributed by atoms with van der Waals surface area (Å²) in [6.07, 6.45) is 2.60. The third kappa shape index (κ3) is 5.09. The van der Waals surface area contributed by atoms with Gasteiger partial charge in [0.05, 0.1) is 12.5 Å². The van der Waals surface area contributed by atoms with Crippen LogP contribution in [0.1, 0.15) is 36.0 Å². The number of amides is 1. The van der Waals surface area contributed by atoms with Gasteiger partial charge in [0, 0.05) is 19.0 Å². The van der Waals surface area contributed by atoms with Gasteiger partial charge in [-0.2, -0.15) is 5.21 Å². The predicted molar refractivity (Wildman–Crippen MR) is 126 cm³/mol. The predicted octanol–water partition coefficient (Wildman–Crippen LogP) is 3.36. The van der Waals surface area contributed by atoms with Crippen LogP contribution in [-0.4, -0.2) is 63.0 Å². The first-order valence-electron chi connectivity index (χ1n) is 11.6. The van der Waals surface area contributed by atoms with Crippen LogP contribution < -0.4 is 4.74 Å². The van der Waals surface area contributed by atoms with Crippen LogP contribution in [0.4, 0.5) is 0 Å². The zero-order valence-electron chi connectivity index (χ0n) is 19.2. The topological polar surface area (TPSA) is 100 Å². The van der Waals surface area contributed by atoms with Gasteiger partial charge in [0.15, 0.2) is 6.61 Å². The van der Waals surface area contributed by atoms with E-state index >= 15 is 0 Å². The number of H-pyrrole nitrogens is 1. The second-order valence-electron chi connectivity index (χ2n) is 8.64. The van der Waals surface area contributed by atoms with E-state index in [0.717, 1.165) is 36.2 Å². The number of nitrogens with one attached hydrogen (secondary N) is 1. The summed E-state index contributed by atoms with van der Waals surface area (Å²) in [4.78, 5) is 17.6. The average molecular weight is 461 g/mol. The van der Waals surface area contributed by atoms with Crippen LogP contribution in [0, 0.1) is 0 Å². The number of tetrazole rings is 1. The number of carbonyl (C=O) groups excluding carboxylic acids is 1. The number of benzene rings is 2. The van der Waals surface area contributed by atoms with Gasteiger partial charge < -0.3 is 19.0 Å². The molecule has 176 valence electrons. The molecule has 2 aromatic carbocycles. The lowest BCUT2D eigenvalue weighted by Crippen LogP contribution is -2.39. The van der Waals surface area contributed by atoms with Crippen molar-refractivity contribution in [2.75, 3.05) is 26.7 Å². The molecule has 0 bridgehead atoms. The van der Waals surface area contributed by atoms with E-state index in [9.17, 15) is 4.79 Å². The number of likely N-dealkylation sites (N-methyl/N-ethyl adjacent to an activating group) is 1. The molecule has 1 N–H and O–H groups in total. The highest BCUT2D eigenvalue weighted by atomic mass is 16.5. The van der Waals surface area contributed by atoms with Crippen LogP contribution >= 0.6 is 0 Å². The first-order valence-corrected chi connectivity index (χ1v) is 11.6. The molecule has 9 nitrogen and oxygen atoms in total. The summed E-state index contributed by atoms with van der Waals surface area (Å²) in [5.41, 5.74) is 1.82. The number of nitrogens with zero attached hydrogens (tertiary/aromatic N) is 5. The van der Waals surface area contributed by atoms with Crippen molar-refractivity contribution in [1.29, 1.82) is 0 Å². The summed E-state index contributed by atoms with van der Waals surface area (Å²) in [5, 5.41) is 14.8. The molecular weight excluding hydrogens is 432 g/mol. The molecule has 0 aliphatic carbocycles. The van der Waals surface area contributed by atoms with Crippen molar-refractivity contribution >= 4 is 16.9 Å². The molecule has 3 heterocycles. The number of hydrogen-bond acceptors (Lipinski definition) is 7. The molecule has 0 spiro atoms. The number of hydrogen-bond donors (Lipinski definition) is 1. The second-order valence-corrected chi connectivity index (χ2v) is 8.64. The number of likely N-dealkylation sites (tertiary alicyclic amines) is 1. The smallest absolute Gasteiger partial charge is 0.230 e. The molecule has 34 heavy (non-hydrogen) atoms. The number of ether oxygens (including phenoxy) is 1. The van der Waals surface area contributed by atoms with Crippen LogP contribution in [-0.2, 0) is 17.8 Å². The largest absolute Gasteiger partial charge is 0.485 e. The van der Waals surface area contributed by atoms with Gasteiger partial charge in [-0.15, -0.1) is 10.2 Å². The van der Waals surface area contributed by atoms with Gasteiger partial charge >= 0.3 is 0 Å². The van der Waals surface area contributed by atoms with Crippen molar-refractivity contribution in [2.45, 2.75) is 31.9 Å². The van der Waals surface area contributed by atoms with Crippen molar-refractivity contribution in [3.8, 4) is 5.75 Å². The van der Waals surface area contributed by atoms with Crippen molar-refractivity contribution in [1.82, 2.24) is 30.4 Å². The standard InChI is InChI=1S/C25H28N6O3/c1-30(25(32)15-21-14-19-7-2-3-10-23(19)34-21)22(16-31-11-4-5-12-31)18-8-6-9-20(13-18)33-17-24-26-28-29-27-24/h2-3,6-10,13-14,22H,4-5,11-12,15-17H2,1H3,(H,26,27,28,29). The Morgan fingerprint density at radius 1 is 1.18 bits per heavy atom. The van der Waals surface area contributed by atoms with Gasteiger partial charge in [-0.25, -0.2) is 0 Å². The first-order chi connectivity index (χ1) is 16.7. The van der Waals surface area contributed by atoms with Gasteiger partial charge in [-0.1, -0.05) is 35.5 Å². The van der Waals surface area contributed by atoms with Crippen molar-refractivity contribution in [3.63, 3.8) is 0 Å². The number of rotatable bonds is 9. The summed E-state index contributed by atoms with van der Waals surface area (Å²) in [7, 11) is 1.87. The van der Waals surface area contributed by atoms with Crippen molar-refractivity contribution in [2.24, 2.45) is 0 Å². The molecule has 2 aromatic heterocycles. The molecule has 1 amide bonds. The maximum atomic E-state index is 13.3. The Hall–Kier alpha value is -3.72. The Balaban J connectivity index is 1.34. The second kappa shape index (κ2) is 10.0. The Kier molecular flexibility index (Phi) is 6.53. The minimum absolute atomic E-state index is 0.0152. The van der Waals surface area contributed by atoms with Crippen LogP contribution in [0.25, 0.3) is 11.0 Å². The van der Waals surface area contributed by atoms with E-state index in [1.54, 1.807) is 0 Å². The van der Waals surface area contributed by atoms with Crippen LogP contribution in [0.5, 0.6) is 5.75 Å². The summed E-state index contributed by atoms with van der Waals surface area (Å²) in [5.74, 6) is 1.88. The summed E-state index contributed by atoms with van der Waals surface area (Å²) < 4.78 is 11.8. The Labute approximate surface area is 197 Å². The highest BCUT2D eigenvalue weighted by molar-refractivity contribution is 5.82. The monoisotopic (exact) mass is 460 g/mol. The zero-order valence-corrected chi connectivity index (χ0v) is 19.2. The van der Waals surface area contributed by atoms with E-state index in [0.29, 0.717) is 17.3 Å². The zero-order chi connectivity index (χ0) is 23.3. The molecule has 1 atom stereocenters. The SMILES string of the molecule is CN(C(=O)Cc1cc2ccccc2o1)C(CN1CCCC1)c1cccc(OCc2nn[nH]n2)c1. The maximum Gasteiger partial charge on any atom is 0.230 e. The lowest BCUT2D eigenvalue weighted by molar-refractivity contribution is -0.132. The van der Waals surface area contributed by atoms with Crippen LogP contribution in [0.2, 0.25) is 0 Å². The Morgan fingerprint density at radius 2 is 2.03 bits per heavy atom. The molecule has 0 saturated carbocycles. The molecule has 1 fully saturated rings. The fourth-order valence-electron chi connectivity index (χ4n) is 4.44. The number of fused-ring (bicyclic) bond motifs is 1. The van der Waals surface area contributed by atoms with Gasteiger partial charge in [0.25, 0.3) is 0 Å². The Bertz CT molecular complexity index is 1200. The van der Waals surface area contributed by atoms with E-state index in [1.165, 1.54) is 12.8 Å². The minimum atomic E-state index is -0.108. The molecule has 1 saturated heterocycles. The van der Waals surface area contributed by atoms with E-state index in [1.807, 2.05) is 66.5 Å². The number of carbonyl (C=O) groups is 1. The molecule has 1 aliphatic heterocycles. The fraction of sp³-hybridized carbons (Fsp3) is 0.360. The van der Waals surface area contributed by atoms with E-state index in [-0.39, 0.29) is 25.0 Å². The summed E-state index contributed by atoms with van der Waals surface area (Å²) in [6.45, 7) is 3.10. The van der Waals surface area contributed by atoms with E-state index in [4.69, 9.17) is 9.15 Å². The highest BCUT2D eigenvalue weighted by Crippen LogP contribution is 2.28. The third-order valence-electron chi connectivity index (χ3n) is 6.29. The summed E-state index contributed by atoms with van der Waals surface area (Å²) in [6, 6.07) is 17.5. The molecular formula is C25H28N6O3. The lowest BCUT2D eigenvalue weighted by Gasteiger charge is -2.32. The average Bonchev–Trinajstić information content (AvgIpc) is 3.63. The number of aromatic nitrogens is 4. The molecule has 1 unspecified atom stereocenters. The van der Waals surface area contributed by atoms with Gasteiger partial charge in [-0.3, -0.25) is 4.79 Å². The molecule has 4 aromatic rings. The van der Waals surface area contributed by atoms with Gasteiger partial charge in [0.2, 0.25) is 11.7 Å². The normalized spacial score (nSPS) is 15.0. The minimum Gasteiger partial charge on any atom is -0.485 e. The van der Waals surface area contributed by atoms with E-state index in [2.05, 4.69) is 25.5 Å². The van der Waals surface area contributed by atoms with Crippen LogP contribution in [0.15, 0.2) is 59.0 Å². The summed E-state index contributed by atoms with van der Waals surface area (Å²) >= 11 is 0. The lowest BCUT2D eigenvalue weighted by atomic mass is 10.0. The van der Waals surface area contributed by atoms with Crippen molar-refractivity contribution in [3.05, 3.63) is 71.7 Å². The maximum absolute atomic E-state index is 13.3. The van der Waals surface area contributed by atoms with E-state index < -0.39 is 0 Å². The molecule has 5 rings (SSSR count). The Morgan fingerprint density at radius 3 is 2.82 bits per heavy atom. The molecule has 0 radical (unpaired) electrons. The molecule has 9 heteroatoms. The molecule has 1 aliphatic rings. The first kappa shape index (κ1) is 22.1. The number of furan rings is 1. The number of aromatic amines is 1. The van der Waals surface area contributed by atoms with Crippen LogP contribution in [0.3, 0.4) is 0 Å². The highest BCUT2D eigenvalue weighted by Gasteiger charge is 2.26. The third-order valence-corrected chi connectivity index (χ3v) is 6.29. The quantitative estimate of drug-likeness (QED) is 0.409. The van der Waals surface area contributed by atoms with Gasteiger partial charge in [0.1, 0.15) is 17.1 Å². The fourth-order valence-corrected chi connectivity index (χ4v) is 4.44. The van der Waals surface area contributed by atoms with Gasteiger partial charge in [-0.05, 0) is 55.8 Å². The van der Waals surface area contributed by atoms with Crippen molar-refractivity contribution < 1.29 is 13.9 Å². The number of para-hydroxylation sites is 1.